The molecular formula is C17H26N2O4S. The molecule has 2 unspecified atom stereocenters. The Kier molecular flexibility index (Phi) is 6.01. The highest BCUT2D eigenvalue weighted by Gasteiger charge is 2.32. The Bertz CT molecular complexity index is 678. The predicted octanol–water partition coefficient (Wildman–Crippen LogP) is 1.87. The largest absolute Gasteiger partial charge is 0.373 e. The molecule has 1 heterocycles. The molecule has 0 aliphatic carbocycles. The Balaban J connectivity index is 2.22. The van der Waals surface area contributed by atoms with Crippen LogP contribution in [0.2, 0.25) is 0 Å². The number of morpholine rings is 1. The highest BCUT2D eigenvalue weighted by atomic mass is 32.2. The van der Waals surface area contributed by atoms with Crippen LogP contribution in [0.25, 0.3) is 0 Å². The van der Waals surface area contributed by atoms with Gasteiger partial charge in [0.2, 0.25) is 10.0 Å². The van der Waals surface area contributed by atoms with Crippen LogP contribution in [-0.2, 0) is 14.8 Å². The van der Waals surface area contributed by atoms with Crippen LogP contribution in [0.3, 0.4) is 0 Å². The van der Waals surface area contributed by atoms with Gasteiger partial charge in [0.15, 0.2) is 0 Å². The van der Waals surface area contributed by atoms with Gasteiger partial charge in [-0.25, -0.2) is 8.42 Å². The third-order valence-electron chi connectivity index (χ3n) is 3.79. The van der Waals surface area contributed by atoms with Crippen LogP contribution >= 0.6 is 0 Å². The van der Waals surface area contributed by atoms with Gasteiger partial charge in [-0.3, -0.25) is 4.79 Å². The van der Waals surface area contributed by atoms with E-state index in [1.807, 2.05) is 27.7 Å². The Hall–Kier alpha value is -1.44. The van der Waals surface area contributed by atoms with Crippen molar-refractivity contribution in [2.45, 2.75) is 44.8 Å². The van der Waals surface area contributed by atoms with Crippen molar-refractivity contribution in [2.75, 3.05) is 19.6 Å². The first-order valence-corrected chi connectivity index (χ1v) is 9.68. The maximum Gasteiger partial charge on any atom is 0.251 e. The number of rotatable bonds is 5. The van der Waals surface area contributed by atoms with Gasteiger partial charge in [0.1, 0.15) is 0 Å². The summed E-state index contributed by atoms with van der Waals surface area (Å²) < 4.78 is 32.7. The lowest BCUT2D eigenvalue weighted by Gasteiger charge is -2.34. The number of sulfonamides is 1. The van der Waals surface area contributed by atoms with Crippen LogP contribution in [0.4, 0.5) is 0 Å². The Labute approximate surface area is 144 Å². The molecule has 0 saturated carbocycles. The maximum absolute atomic E-state index is 12.9. The normalized spacial score (nSPS) is 22.5. The van der Waals surface area contributed by atoms with Gasteiger partial charge in [0, 0.05) is 25.2 Å². The summed E-state index contributed by atoms with van der Waals surface area (Å²) in [5.41, 5.74) is 0.353. The average Bonchev–Trinajstić information content (AvgIpc) is 2.51. The van der Waals surface area contributed by atoms with Crippen molar-refractivity contribution < 1.29 is 17.9 Å². The molecule has 1 aromatic carbocycles. The second-order valence-electron chi connectivity index (χ2n) is 6.71. The van der Waals surface area contributed by atoms with Gasteiger partial charge in [0.25, 0.3) is 5.91 Å². The molecular weight excluding hydrogens is 328 g/mol. The van der Waals surface area contributed by atoms with Gasteiger partial charge in [-0.1, -0.05) is 19.9 Å². The number of benzene rings is 1. The number of ether oxygens (including phenoxy) is 1. The number of nitrogens with zero attached hydrogens (tertiary/aromatic N) is 1. The fourth-order valence-electron chi connectivity index (χ4n) is 2.67. The van der Waals surface area contributed by atoms with Gasteiger partial charge in [0.05, 0.1) is 17.1 Å². The first kappa shape index (κ1) is 18.9. The van der Waals surface area contributed by atoms with Crippen LogP contribution < -0.4 is 5.32 Å². The van der Waals surface area contributed by atoms with Crippen molar-refractivity contribution in [1.29, 1.82) is 0 Å². The Morgan fingerprint density at radius 1 is 1.29 bits per heavy atom. The lowest BCUT2D eigenvalue weighted by Crippen LogP contribution is -2.48. The highest BCUT2D eigenvalue weighted by molar-refractivity contribution is 7.89. The number of hydrogen-bond donors (Lipinski definition) is 1. The molecule has 2 atom stereocenters. The summed E-state index contributed by atoms with van der Waals surface area (Å²) in [5.74, 6) is 0.0710. The molecule has 0 bridgehead atoms. The fourth-order valence-corrected chi connectivity index (χ4v) is 4.31. The molecule has 0 radical (unpaired) electrons. The summed E-state index contributed by atoms with van der Waals surface area (Å²) in [6.07, 6.45) is -0.304. The summed E-state index contributed by atoms with van der Waals surface area (Å²) >= 11 is 0. The molecule has 1 aliphatic rings. The van der Waals surface area contributed by atoms with E-state index >= 15 is 0 Å². The van der Waals surface area contributed by atoms with Gasteiger partial charge >= 0.3 is 0 Å². The summed E-state index contributed by atoms with van der Waals surface area (Å²) in [5, 5.41) is 2.80. The zero-order valence-corrected chi connectivity index (χ0v) is 15.5. The molecule has 2 rings (SSSR count). The van der Waals surface area contributed by atoms with Gasteiger partial charge in [-0.15, -0.1) is 0 Å². The predicted molar refractivity (Wildman–Crippen MR) is 92.4 cm³/mol. The number of nitrogens with one attached hydrogen (secondary N) is 1. The van der Waals surface area contributed by atoms with Crippen molar-refractivity contribution in [2.24, 2.45) is 5.92 Å². The van der Waals surface area contributed by atoms with E-state index in [1.165, 1.54) is 16.4 Å². The van der Waals surface area contributed by atoms with Crippen molar-refractivity contribution in [3.63, 3.8) is 0 Å². The molecule has 1 amide bonds. The van der Waals surface area contributed by atoms with E-state index in [0.717, 1.165) is 0 Å². The van der Waals surface area contributed by atoms with Gasteiger partial charge < -0.3 is 10.1 Å². The van der Waals surface area contributed by atoms with Crippen LogP contribution in [0.5, 0.6) is 0 Å². The van der Waals surface area contributed by atoms with E-state index in [0.29, 0.717) is 31.1 Å². The van der Waals surface area contributed by atoms with Gasteiger partial charge in [-0.05, 0) is 38.0 Å². The van der Waals surface area contributed by atoms with E-state index in [2.05, 4.69) is 5.32 Å². The minimum absolute atomic E-state index is 0.140. The van der Waals surface area contributed by atoms with E-state index in [-0.39, 0.29) is 23.0 Å². The van der Waals surface area contributed by atoms with Crippen LogP contribution in [-0.4, -0.2) is 50.5 Å². The second kappa shape index (κ2) is 7.63. The van der Waals surface area contributed by atoms with Crippen molar-refractivity contribution in [3.8, 4) is 0 Å². The quantitative estimate of drug-likeness (QED) is 0.876. The SMILES string of the molecule is CC(C)CNC(=O)c1cccc(S(=O)(=O)N2CC(C)OC(C)C2)c1. The first-order valence-electron chi connectivity index (χ1n) is 8.24. The fraction of sp³-hybridized carbons (Fsp3) is 0.588. The van der Waals surface area contributed by atoms with Gasteiger partial charge in [-0.2, -0.15) is 4.31 Å². The summed E-state index contributed by atoms with van der Waals surface area (Å²) in [6, 6.07) is 6.19. The van der Waals surface area contributed by atoms with Crippen LogP contribution in [0.15, 0.2) is 29.2 Å². The summed E-state index contributed by atoms with van der Waals surface area (Å²) in [7, 11) is -3.64. The lowest BCUT2D eigenvalue weighted by atomic mass is 10.2. The maximum atomic E-state index is 12.9. The summed E-state index contributed by atoms with van der Waals surface area (Å²) in [4.78, 5) is 12.3. The summed E-state index contributed by atoms with van der Waals surface area (Å²) in [6.45, 7) is 8.90. The smallest absolute Gasteiger partial charge is 0.251 e. The number of hydrogen-bond acceptors (Lipinski definition) is 4. The molecule has 24 heavy (non-hydrogen) atoms. The molecule has 0 aromatic heterocycles. The molecule has 134 valence electrons. The standard InChI is InChI=1S/C17H26N2O4S/c1-12(2)9-18-17(20)15-6-5-7-16(8-15)24(21,22)19-10-13(3)23-14(4)11-19/h5-8,12-14H,9-11H2,1-4H3,(H,18,20). The molecule has 0 spiro atoms. The van der Waals surface area contributed by atoms with Crippen molar-refractivity contribution in [1.82, 2.24) is 9.62 Å². The minimum atomic E-state index is -3.64. The molecule has 1 fully saturated rings. The van der Waals surface area contributed by atoms with E-state index in [9.17, 15) is 13.2 Å². The molecule has 1 saturated heterocycles. The molecule has 7 heteroatoms. The number of amides is 1. The van der Waals surface area contributed by atoms with E-state index in [1.54, 1.807) is 12.1 Å². The minimum Gasteiger partial charge on any atom is -0.373 e. The second-order valence-corrected chi connectivity index (χ2v) is 8.65. The van der Waals surface area contributed by atoms with Crippen LogP contribution in [0, 0.1) is 5.92 Å². The molecule has 1 aliphatic heterocycles. The number of carbonyl (C=O) groups excluding carboxylic acids is 1. The topological polar surface area (TPSA) is 75.7 Å². The van der Waals surface area contributed by atoms with Crippen molar-refractivity contribution >= 4 is 15.9 Å². The van der Waals surface area contributed by atoms with E-state index < -0.39 is 10.0 Å². The number of carbonyl (C=O) groups is 1. The Morgan fingerprint density at radius 3 is 2.50 bits per heavy atom. The van der Waals surface area contributed by atoms with Crippen LogP contribution in [0.1, 0.15) is 38.1 Å². The zero-order chi connectivity index (χ0) is 17.9. The van der Waals surface area contributed by atoms with Crippen molar-refractivity contribution in [3.05, 3.63) is 29.8 Å². The molecule has 1 aromatic rings. The third kappa shape index (κ3) is 4.55. The third-order valence-corrected chi connectivity index (χ3v) is 5.62. The first-order chi connectivity index (χ1) is 11.2. The Morgan fingerprint density at radius 2 is 1.92 bits per heavy atom. The molecule has 1 N–H and O–H groups in total. The lowest BCUT2D eigenvalue weighted by molar-refractivity contribution is -0.0440. The average molecular weight is 354 g/mol. The zero-order valence-electron chi connectivity index (χ0n) is 14.7. The monoisotopic (exact) mass is 354 g/mol. The van der Waals surface area contributed by atoms with E-state index in [4.69, 9.17) is 4.74 Å². The molecule has 6 nitrogen and oxygen atoms in total. The highest BCUT2D eigenvalue weighted by Crippen LogP contribution is 2.21.